The minimum Gasteiger partial charge on any atom is -0.399 e. The first-order chi connectivity index (χ1) is 10.5. The molecule has 0 aliphatic carbocycles. The maximum Gasteiger partial charge on any atom is 0.254 e. The predicted octanol–water partition coefficient (Wildman–Crippen LogP) is 2.52. The lowest BCUT2D eigenvalue weighted by Crippen LogP contribution is -2.49. The zero-order chi connectivity index (χ0) is 16.1. The molecule has 2 rings (SSSR count). The van der Waals surface area contributed by atoms with Crippen LogP contribution in [0.3, 0.4) is 0 Å². The van der Waals surface area contributed by atoms with E-state index >= 15 is 0 Å². The quantitative estimate of drug-likeness (QED) is 0.828. The number of piperidine rings is 1. The zero-order valence-electron chi connectivity index (χ0n) is 13.8. The number of likely N-dealkylation sites (tertiary alicyclic amines) is 1. The number of halogens is 1. The van der Waals surface area contributed by atoms with Crippen LogP contribution >= 0.6 is 12.4 Å². The Balaban J connectivity index is 0.00000264. The molecule has 1 heterocycles. The molecule has 1 aromatic rings. The molecule has 23 heavy (non-hydrogen) atoms. The van der Waals surface area contributed by atoms with Crippen LogP contribution in [0.2, 0.25) is 0 Å². The van der Waals surface area contributed by atoms with Gasteiger partial charge in [0.05, 0.1) is 0 Å². The lowest BCUT2D eigenvalue weighted by molar-refractivity contribution is -0.122. The third kappa shape index (κ3) is 5.13. The summed E-state index contributed by atoms with van der Waals surface area (Å²) in [5, 5.41) is 3.02. The molecule has 5 nitrogen and oxygen atoms in total. The third-order valence-corrected chi connectivity index (χ3v) is 4.04. The highest BCUT2D eigenvalue weighted by molar-refractivity contribution is 5.96. The summed E-state index contributed by atoms with van der Waals surface area (Å²) in [6.45, 7) is 5.20. The van der Waals surface area contributed by atoms with Crippen LogP contribution in [0.5, 0.6) is 0 Å². The Morgan fingerprint density at radius 1 is 1.39 bits per heavy atom. The number of aryl methyl sites for hydroxylation is 1. The van der Waals surface area contributed by atoms with Gasteiger partial charge in [-0.3, -0.25) is 9.59 Å². The monoisotopic (exact) mass is 339 g/mol. The summed E-state index contributed by atoms with van der Waals surface area (Å²) in [5.74, 6) is 0.0705. The fraction of sp³-hybridized carbons (Fsp3) is 0.529. The first-order valence-corrected chi connectivity index (χ1v) is 7.96. The standard InChI is InChI=1S/C17H25N3O2.ClH/c1-3-5-16(21)19-14-6-4-9-20(11-14)17(22)15-10-13(18)8-7-12(15)2;/h7-8,10,14H,3-6,9,11,18H2,1-2H3,(H,19,21);1H. The highest BCUT2D eigenvalue weighted by atomic mass is 35.5. The van der Waals surface area contributed by atoms with E-state index in [-0.39, 0.29) is 30.3 Å². The first kappa shape index (κ1) is 19.3. The zero-order valence-corrected chi connectivity index (χ0v) is 14.6. The molecule has 1 aliphatic heterocycles. The van der Waals surface area contributed by atoms with E-state index in [0.717, 1.165) is 31.4 Å². The number of carbonyl (C=O) groups excluding carboxylic acids is 2. The molecule has 0 aromatic heterocycles. The van der Waals surface area contributed by atoms with Crippen molar-refractivity contribution >= 4 is 29.9 Å². The predicted molar refractivity (Wildman–Crippen MR) is 94.8 cm³/mol. The number of carbonyl (C=O) groups is 2. The highest BCUT2D eigenvalue weighted by Crippen LogP contribution is 2.18. The van der Waals surface area contributed by atoms with Gasteiger partial charge in [-0.1, -0.05) is 13.0 Å². The van der Waals surface area contributed by atoms with Crippen LogP contribution in [-0.4, -0.2) is 35.8 Å². The molecule has 0 spiro atoms. The van der Waals surface area contributed by atoms with Gasteiger partial charge in [-0.15, -0.1) is 12.4 Å². The Kier molecular flexibility index (Phi) is 7.36. The first-order valence-electron chi connectivity index (χ1n) is 7.96. The molecule has 1 aromatic carbocycles. The van der Waals surface area contributed by atoms with Crippen LogP contribution in [0, 0.1) is 6.92 Å². The molecule has 1 atom stereocenters. The van der Waals surface area contributed by atoms with Crippen molar-refractivity contribution in [3.8, 4) is 0 Å². The van der Waals surface area contributed by atoms with E-state index in [9.17, 15) is 9.59 Å². The topological polar surface area (TPSA) is 75.4 Å². The summed E-state index contributed by atoms with van der Waals surface area (Å²) in [7, 11) is 0. The SMILES string of the molecule is CCCC(=O)NC1CCCN(C(=O)c2cc(N)ccc2C)C1.Cl. The molecular weight excluding hydrogens is 314 g/mol. The van der Waals surface area contributed by atoms with Crippen LogP contribution in [0.1, 0.15) is 48.5 Å². The largest absolute Gasteiger partial charge is 0.399 e. The van der Waals surface area contributed by atoms with Crippen LogP contribution in [-0.2, 0) is 4.79 Å². The Morgan fingerprint density at radius 2 is 2.13 bits per heavy atom. The summed E-state index contributed by atoms with van der Waals surface area (Å²) in [6, 6.07) is 5.46. The van der Waals surface area contributed by atoms with Gasteiger partial charge >= 0.3 is 0 Å². The van der Waals surface area contributed by atoms with Crippen molar-refractivity contribution in [2.45, 2.75) is 45.6 Å². The van der Waals surface area contributed by atoms with Crippen molar-refractivity contribution in [2.24, 2.45) is 0 Å². The Morgan fingerprint density at radius 3 is 2.83 bits per heavy atom. The van der Waals surface area contributed by atoms with Gasteiger partial charge in [0.25, 0.3) is 5.91 Å². The molecule has 0 saturated carbocycles. The molecular formula is C17H26ClN3O2. The van der Waals surface area contributed by atoms with Gasteiger partial charge in [0.1, 0.15) is 0 Å². The van der Waals surface area contributed by atoms with Crippen molar-refractivity contribution in [1.29, 1.82) is 0 Å². The lowest BCUT2D eigenvalue weighted by atomic mass is 10.0. The summed E-state index contributed by atoms with van der Waals surface area (Å²) in [6.07, 6.45) is 3.21. The summed E-state index contributed by atoms with van der Waals surface area (Å²) in [4.78, 5) is 26.2. The van der Waals surface area contributed by atoms with Crippen molar-refractivity contribution in [2.75, 3.05) is 18.8 Å². The number of benzene rings is 1. The van der Waals surface area contributed by atoms with E-state index in [0.29, 0.717) is 24.2 Å². The number of nitrogens with zero attached hydrogens (tertiary/aromatic N) is 1. The van der Waals surface area contributed by atoms with Gasteiger partial charge in [-0.2, -0.15) is 0 Å². The number of hydrogen-bond acceptors (Lipinski definition) is 3. The average molecular weight is 340 g/mol. The number of nitrogen functional groups attached to an aromatic ring is 1. The summed E-state index contributed by atoms with van der Waals surface area (Å²) >= 11 is 0. The van der Waals surface area contributed by atoms with E-state index in [2.05, 4.69) is 5.32 Å². The Bertz CT molecular complexity index is 563. The fourth-order valence-corrected chi connectivity index (χ4v) is 2.85. The number of amides is 2. The highest BCUT2D eigenvalue weighted by Gasteiger charge is 2.26. The summed E-state index contributed by atoms with van der Waals surface area (Å²) in [5.41, 5.74) is 7.97. The second kappa shape index (κ2) is 8.77. The van der Waals surface area contributed by atoms with Gasteiger partial charge in [0.2, 0.25) is 5.91 Å². The van der Waals surface area contributed by atoms with E-state index in [4.69, 9.17) is 5.73 Å². The van der Waals surface area contributed by atoms with E-state index < -0.39 is 0 Å². The van der Waals surface area contributed by atoms with Crippen molar-refractivity contribution in [3.05, 3.63) is 29.3 Å². The lowest BCUT2D eigenvalue weighted by Gasteiger charge is -2.33. The van der Waals surface area contributed by atoms with E-state index in [1.807, 2.05) is 24.8 Å². The maximum absolute atomic E-state index is 12.7. The van der Waals surface area contributed by atoms with Gasteiger partial charge < -0.3 is 16.0 Å². The fourth-order valence-electron chi connectivity index (χ4n) is 2.85. The van der Waals surface area contributed by atoms with Gasteiger partial charge in [-0.05, 0) is 43.9 Å². The minimum absolute atomic E-state index is 0. The molecule has 1 aliphatic rings. The van der Waals surface area contributed by atoms with Crippen molar-refractivity contribution < 1.29 is 9.59 Å². The van der Waals surface area contributed by atoms with Crippen molar-refractivity contribution in [1.82, 2.24) is 10.2 Å². The number of nitrogens with two attached hydrogens (primary N) is 1. The third-order valence-electron chi connectivity index (χ3n) is 4.04. The van der Waals surface area contributed by atoms with Crippen LogP contribution in [0.25, 0.3) is 0 Å². The molecule has 1 fully saturated rings. The number of rotatable bonds is 4. The molecule has 0 bridgehead atoms. The second-order valence-corrected chi connectivity index (χ2v) is 5.98. The van der Waals surface area contributed by atoms with Gasteiger partial charge in [0.15, 0.2) is 0 Å². The molecule has 6 heteroatoms. The molecule has 1 unspecified atom stereocenters. The van der Waals surface area contributed by atoms with Crippen LogP contribution < -0.4 is 11.1 Å². The van der Waals surface area contributed by atoms with Crippen molar-refractivity contribution in [3.63, 3.8) is 0 Å². The molecule has 2 amide bonds. The molecule has 3 N–H and O–H groups in total. The smallest absolute Gasteiger partial charge is 0.254 e. The van der Waals surface area contributed by atoms with E-state index in [1.165, 1.54) is 0 Å². The number of nitrogens with one attached hydrogen (secondary N) is 1. The second-order valence-electron chi connectivity index (χ2n) is 5.98. The average Bonchev–Trinajstić information content (AvgIpc) is 2.49. The molecule has 128 valence electrons. The van der Waals surface area contributed by atoms with Gasteiger partial charge in [0, 0.05) is 36.8 Å². The number of anilines is 1. The Labute approximate surface area is 144 Å². The maximum atomic E-state index is 12.7. The molecule has 1 saturated heterocycles. The normalized spacial score (nSPS) is 17.3. The summed E-state index contributed by atoms with van der Waals surface area (Å²) < 4.78 is 0. The van der Waals surface area contributed by atoms with E-state index in [1.54, 1.807) is 12.1 Å². The van der Waals surface area contributed by atoms with Crippen LogP contribution in [0.4, 0.5) is 5.69 Å². The number of hydrogen-bond donors (Lipinski definition) is 2. The molecule has 0 radical (unpaired) electrons. The van der Waals surface area contributed by atoms with Gasteiger partial charge in [-0.25, -0.2) is 0 Å². The Hall–Kier alpha value is -1.75. The van der Waals surface area contributed by atoms with Crippen LogP contribution in [0.15, 0.2) is 18.2 Å². The minimum atomic E-state index is -0.000703.